The maximum Gasteiger partial charge on any atom is 0.234 e. The van der Waals surface area contributed by atoms with Gasteiger partial charge >= 0.3 is 0 Å². The first-order valence-electron chi connectivity index (χ1n) is 7.11. The average Bonchev–Trinajstić information content (AvgIpc) is 2.77. The van der Waals surface area contributed by atoms with E-state index in [9.17, 15) is 4.79 Å². The summed E-state index contributed by atoms with van der Waals surface area (Å²) in [6.07, 6.45) is 0. The summed E-state index contributed by atoms with van der Waals surface area (Å²) in [6.45, 7) is 10.6. The minimum Gasteiger partial charge on any atom is -0.485 e. The topological polar surface area (TPSA) is 64.3 Å². The van der Waals surface area contributed by atoms with E-state index >= 15 is 0 Å². The first kappa shape index (κ1) is 13.4. The SMILES string of the molecule is Cc1cc2c(c3c1NC(=O)C3(C)C)O[C@](C)(CN)[C@H]2C. The number of nitrogens with one attached hydrogen (secondary N) is 1. The second-order valence-electron chi connectivity index (χ2n) is 6.78. The number of carbonyl (C=O) groups excluding carboxylic acids is 1. The van der Waals surface area contributed by atoms with Crippen LogP contribution in [0, 0.1) is 6.92 Å². The smallest absolute Gasteiger partial charge is 0.234 e. The van der Waals surface area contributed by atoms with Crippen LogP contribution in [0.15, 0.2) is 6.07 Å². The predicted octanol–water partition coefficient (Wildman–Crippen LogP) is 2.44. The van der Waals surface area contributed by atoms with Gasteiger partial charge in [-0.25, -0.2) is 0 Å². The molecule has 1 aromatic rings. The fourth-order valence-corrected chi connectivity index (χ4v) is 3.27. The van der Waals surface area contributed by atoms with E-state index in [2.05, 4.69) is 18.3 Å². The van der Waals surface area contributed by atoms with Crippen molar-refractivity contribution >= 4 is 11.6 Å². The lowest BCUT2D eigenvalue weighted by atomic mass is 9.81. The van der Waals surface area contributed by atoms with Gasteiger partial charge < -0.3 is 15.8 Å². The molecule has 1 amide bonds. The normalized spacial score (nSPS) is 29.7. The van der Waals surface area contributed by atoms with Gasteiger partial charge in [-0.15, -0.1) is 0 Å². The Balaban J connectivity index is 2.28. The van der Waals surface area contributed by atoms with Gasteiger partial charge in [0.05, 0.1) is 11.1 Å². The molecular weight excluding hydrogens is 252 g/mol. The third-order valence-electron chi connectivity index (χ3n) is 5.06. The lowest BCUT2D eigenvalue weighted by Crippen LogP contribution is -2.41. The number of anilines is 1. The van der Waals surface area contributed by atoms with Crippen molar-refractivity contribution < 1.29 is 9.53 Å². The van der Waals surface area contributed by atoms with E-state index in [-0.39, 0.29) is 11.8 Å². The molecule has 0 unspecified atom stereocenters. The third kappa shape index (κ3) is 1.43. The van der Waals surface area contributed by atoms with Crippen LogP contribution in [0.4, 0.5) is 5.69 Å². The highest BCUT2D eigenvalue weighted by Gasteiger charge is 2.49. The van der Waals surface area contributed by atoms with Crippen molar-refractivity contribution in [2.75, 3.05) is 11.9 Å². The molecule has 108 valence electrons. The number of hydrogen-bond donors (Lipinski definition) is 2. The number of aryl methyl sites for hydroxylation is 1. The lowest BCUT2D eigenvalue weighted by molar-refractivity contribution is -0.119. The number of benzene rings is 1. The summed E-state index contributed by atoms with van der Waals surface area (Å²) in [5.41, 5.74) is 9.10. The van der Waals surface area contributed by atoms with Crippen LogP contribution in [0.25, 0.3) is 0 Å². The van der Waals surface area contributed by atoms with Crippen LogP contribution in [0.2, 0.25) is 0 Å². The molecular formula is C16H22N2O2. The van der Waals surface area contributed by atoms with E-state index < -0.39 is 11.0 Å². The molecule has 0 fully saturated rings. The Bertz CT molecular complexity index is 621. The summed E-state index contributed by atoms with van der Waals surface area (Å²) in [5, 5.41) is 3.00. The van der Waals surface area contributed by atoms with Crippen LogP contribution in [0.1, 0.15) is 50.3 Å². The van der Waals surface area contributed by atoms with E-state index in [4.69, 9.17) is 10.5 Å². The summed E-state index contributed by atoms with van der Waals surface area (Å²) in [5.74, 6) is 1.11. The van der Waals surface area contributed by atoms with Crippen LogP contribution in [-0.4, -0.2) is 18.1 Å². The largest absolute Gasteiger partial charge is 0.485 e. The molecule has 0 aliphatic carbocycles. The van der Waals surface area contributed by atoms with E-state index in [1.807, 2.05) is 27.7 Å². The van der Waals surface area contributed by atoms with Gasteiger partial charge in [0.25, 0.3) is 0 Å². The van der Waals surface area contributed by atoms with Gasteiger partial charge in [0.2, 0.25) is 5.91 Å². The van der Waals surface area contributed by atoms with Crippen molar-refractivity contribution in [2.24, 2.45) is 5.73 Å². The van der Waals surface area contributed by atoms with E-state index in [0.717, 1.165) is 22.6 Å². The van der Waals surface area contributed by atoms with E-state index in [0.29, 0.717) is 6.54 Å². The summed E-state index contributed by atoms with van der Waals surface area (Å²) < 4.78 is 6.22. The van der Waals surface area contributed by atoms with Gasteiger partial charge in [0.1, 0.15) is 11.4 Å². The molecule has 3 rings (SSSR count). The number of carbonyl (C=O) groups is 1. The zero-order valence-corrected chi connectivity index (χ0v) is 12.8. The molecule has 4 heteroatoms. The molecule has 0 radical (unpaired) electrons. The highest BCUT2D eigenvalue weighted by atomic mass is 16.5. The molecule has 2 atom stereocenters. The molecule has 4 nitrogen and oxygen atoms in total. The fourth-order valence-electron chi connectivity index (χ4n) is 3.27. The molecule has 0 saturated heterocycles. The number of fused-ring (bicyclic) bond motifs is 3. The first-order chi connectivity index (χ1) is 9.22. The molecule has 0 aromatic heterocycles. The number of hydrogen-bond acceptors (Lipinski definition) is 3. The summed E-state index contributed by atoms with van der Waals surface area (Å²) in [6, 6.07) is 2.13. The van der Waals surface area contributed by atoms with Gasteiger partial charge in [-0.1, -0.05) is 6.92 Å². The first-order valence-corrected chi connectivity index (χ1v) is 7.11. The molecule has 0 saturated carbocycles. The van der Waals surface area contributed by atoms with Crippen LogP contribution < -0.4 is 15.8 Å². The highest BCUT2D eigenvalue weighted by molar-refractivity contribution is 6.07. The second-order valence-corrected chi connectivity index (χ2v) is 6.78. The molecule has 0 bridgehead atoms. The Morgan fingerprint density at radius 1 is 1.40 bits per heavy atom. The van der Waals surface area contributed by atoms with E-state index in [1.54, 1.807) is 0 Å². The monoisotopic (exact) mass is 274 g/mol. The van der Waals surface area contributed by atoms with Crippen LogP contribution in [-0.2, 0) is 10.2 Å². The van der Waals surface area contributed by atoms with Gasteiger partial charge in [0, 0.05) is 23.6 Å². The van der Waals surface area contributed by atoms with Gasteiger partial charge in [-0.2, -0.15) is 0 Å². The quantitative estimate of drug-likeness (QED) is 0.826. The molecule has 2 aliphatic heterocycles. The zero-order valence-electron chi connectivity index (χ0n) is 12.8. The zero-order chi connectivity index (χ0) is 14.9. The Morgan fingerprint density at radius 3 is 2.65 bits per heavy atom. The van der Waals surface area contributed by atoms with Crippen molar-refractivity contribution in [3.8, 4) is 5.75 Å². The van der Waals surface area contributed by atoms with E-state index in [1.165, 1.54) is 5.56 Å². The maximum absolute atomic E-state index is 12.2. The van der Waals surface area contributed by atoms with Crippen LogP contribution >= 0.6 is 0 Å². The number of nitrogens with two attached hydrogens (primary N) is 1. The fraction of sp³-hybridized carbons (Fsp3) is 0.562. The van der Waals surface area contributed by atoms with Crippen LogP contribution in [0.3, 0.4) is 0 Å². The Hall–Kier alpha value is -1.55. The predicted molar refractivity (Wildman–Crippen MR) is 79.3 cm³/mol. The van der Waals surface area contributed by atoms with Crippen LogP contribution in [0.5, 0.6) is 5.75 Å². The van der Waals surface area contributed by atoms with Crippen molar-refractivity contribution in [2.45, 2.75) is 51.6 Å². The Labute approximate surface area is 119 Å². The standard InChI is InChI=1S/C16H22N2O2/c1-8-6-10-9(2)16(5,7-17)20-13(10)11-12(8)18-14(19)15(11,3)4/h6,9H,7,17H2,1-5H3,(H,18,19)/t9-,16+/m0/s1. The molecule has 3 N–H and O–H groups in total. The average molecular weight is 274 g/mol. The summed E-state index contributed by atoms with van der Waals surface area (Å²) in [4.78, 5) is 12.2. The number of rotatable bonds is 1. The van der Waals surface area contributed by atoms with Crippen molar-refractivity contribution in [1.82, 2.24) is 0 Å². The number of amides is 1. The summed E-state index contributed by atoms with van der Waals surface area (Å²) in [7, 11) is 0. The Morgan fingerprint density at radius 2 is 2.05 bits per heavy atom. The minimum absolute atomic E-state index is 0.0293. The third-order valence-corrected chi connectivity index (χ3v) is 5.06. The van der Waals surface area contributed by atoms with Crippen molar-refractivity contribution in [3.63, 3.8) is 0 Å². The van der Waals surface area contributed by atoms with Crippen molar-refractivity contribution in [3.05, 3.63) is 22.8 Å². The Kier molecular flexibility index (Phi) is 2.52. The molecule has 0 spiro atoms. The maximum atomic E-state index is 12.2. The van der Waals surface area contributed by atoms with Gasteiger partial charge in [0.15, 0.2) is 0 Å². The molecule has 2 heterocycles. The van der Waals surface area contributed by atoms with Gasteiger partial charge in [-0.3, -0.25) is 4.79 Å². The summed E-state index contributed by atoms with van der Waals surface area (Å²) >= 11 is 0. The molecule has 20 heavy (non-hydrogen) atoms. The number of ether oxygens (including phenoxy) is 1. The minimum atomic E-state index is -0.564. The van der Waals surface area contributed by atoms with Crippen molar-refractivity contribution in [1.29, 1.82) is 0 Å². The molecule has 2 aliphatic rings. The highest BCUT2D eigenvalue weighted by Crippen LogP contribution is 2.54. The lowest BCUT2D eigenvalue weighted by Gasteiger charge is -2.27. The second kappa shape index (κ2) is 3.76. The van der Waals surface area contributed by atoms with Gasteiger partial charge in [-0.05, 0) is 39.3 Å². The molecule has 1 aromatic carbocycles.